The third-order valence-electron chi connectivity index (χ3n) is 4.36. The van der Waals surface area contributed by atoms with E-state index in [1.165, 1.54) is 5.56 Å². The van der Waals surface area contributed by atoms with E-state index < -0.39 is 0 Å². The molecule has 1 atom stereocenters. The molecule has 0 saturated carbocycles. The van der Waals surface area contributed by atoms with Gasteiger partial charge in [0.15, 0.2) is 5.96 Å². The molecule has 0 bridgehead atoms. The quantitative estimate of drug-likeness (QED) is 0.358. The Hall–Kier alpha value is -2.47. The molecule has 0 aliphatic heterocycles. The van der Waals surface area contributed by atoms with Crippen LogP contribution in [0, 0.1) is 0 Å². The lowest BCUT2D eigenvalue weighted by molar-refractivity contribution is 0.105. The molecule has 0 spiro atoms. The molecule has 0 amide bonds. The number of guanidine groups is 1. The maximum atomic E-state index is 5.57. The molecule has 6 heteroatoms. The summed E-state index contributed by atoms with van der Waals surface area (Å²) in [5, 5.41) is 6.67. The first-order valence-electron chi connectivity index (χ1n) is 9.41. The van der Waals surface area contributed by atoms with Gasteiger partial charge in [-0.3, -0.25) is 4.99 Å². The standard InChI is InChI=1S/C21H31N3O3/c1-17(18-7-9-19(25-3)10-8-18)11-13-24-21(22-2)23-12-5-14-26-16-20-6-4-15-27-20/h4,6-10,15,17H,5,11-14,16H2,1-3H3,(H2,22,23,24). The van der Waals surface area contributed by atoms with Gasteiger partial charge >= 0.3 is 0 Å². The highest BCUT2D eigenvalue weighted by Gasteiger charge is 2.06. The zero-order chi connectivity index (χ0) is 19.3. The normalized spacial score (nSPS) is 12.6. The van der Waals surface area contributed by atoms with Gasteiger partial charge < -0.3 is 24.5 Å². The van der Waals surface area contributed by atoms with Crippen molar-refractivity contribution >= 4 is 5.96 Å². The van der Waals surface area contributed by atoms with Crippen LogP contribution < -0.4 is 15.4 Å². The fraction of sp³-hybridized carbons (Fsp3) is 0.476. The van der Waals surface area contributed by atoms with Gasteiger partial charge in [0.1, 0.15) is 18.1 Å². The van der Waals surface area contributed by atoms with Crippen molar-refractivity contribution in [3.05, 3.63) is 54.0 Å². The smallest absolute Gasteiger partial charge is 0.190 e. The van der Waals surface area contributed by atoms with Crippen molar-refractivity contribution in [2.75, 3.05) is 33.9 Å². The van der Waals surface area contributed by atoms with Gasteiger partial charge in [0.2, 0.25) is 0 Å². The molecule has 2 aromatic rings. The van der Waals surface area contributed by atoms with E-state index in [-0.39, 0.29) is 0 Å². The largest absolute Gasteiger partial charge is 0.497 e. The van der Waals surface area contributed by atoms with Crippen molar-refractivity contribution in [2.45, 2.75) is 32.3 Å². The van der Waals surface area contributed by atoms with Crippen molar-refractivity contribution in [2.24, 2.45) is 4.99 Å². The number of ether oxygens (including phenoxy) is 2. The highest BCUT2D eigenvalue weighted by molar-refractivity contribution is 5.79. The molecular formula is C21H31N3O3. The third-order valence-corrected chi connectivity index (χ3v) is 4.36. The summed E-state index contributed by atoms with van der Waals surface area (Å²) in [6, 6.07) is 12.0. The summed E-state index contributed by atoms with van der Waals surface area (Å²) < 4.78 is 16.0. The van der Waals surface area contributed by atoms with E-state index in [1.54, 1.807) is 20.4 Å². The number of benzene rings is 1. The van der Waals surface area contributed by atoms with Gasteiger partial charge in [-0.2, -0.15) is 0 Å². The first-order valence-corrected chi connectivity index (χ1v) is 9.41. The highest BCUT2D eigenvalue weighted by atomic mass is 16.5. The average molecular weight is 373 g/mol. The Kier molecular flexibility index (Phi) is 9.27. The van der Waals surface area contributed by atoms with Gasteiger partial charge in [-0.1, -0.05) is 19.1 Å². The molecule has 1 heterocycles. The lowest BCUT2D eigenvalue weighted by Gasteiger charge is -2.15. The van der Waals surface area contributed by atoms with Crippen LogP contribution in [0.2, 0.25) is 0 Å². The van der Waals surface area contributed by atoms with Crippen LogP contribution in [0.15, 0.2) is 52.1 Å². The molecule has 2 N–H and O–H groups in total. The zero-order valence-electron chi connectivity index (χ0n) is 16.5. The number of furan rings is 1. The number of nitrogens with one attached hydrogen (secondary N) is 2. The molecule has 0 radical (unpaired) electrons. The summed E-state index contributed by atoms with van der Waals surface area (Å²) in [7, 11) is 3.47. The molecule has 0 aliphatic rings. The van der Waals surface area contributed by atoms with Gasteiger partial charge in [-0.25, -0.2) is 0 Å². The minimum absolute atomic E-state index is 0.469. The molecule has 148 valence electrons. The van der Waals surface area contributed by atoms with Crippen LogP contribution in [0.4, 0.5) is 0 Å². The number of rotatable bonds is 11. The van der Waals surface area contributed by atoms with Crippen molar-refractivity contribution in [3.8, 4) is 5.75 Å². The van der Waals surface area contributed by atoms with Gasteiger partial charge in [0, 0.05) is 26.7 Å². The molecule has 27 heavy (non-hydrogen) atoms. The van der Waals surface area contributed by atoms with Crippen LogP contribution in [0.5, 0.6) is 5.75 Å². The number of nitrogens with zero attached hydrogens (tertiary/aromatic N) is 1. The molecule has 2 rings (SSSR count). The van der Waals surface area contributed by atoms with Crippen LogP contribution in [-0.4, -0.2) is 39.8 Å². The second kappa shape index (κ2) is 12.0. The predicted octanol–water partition coefficient (Wildman–Crippen LogP) is 3.55. The van der Waals surface area contributed by atoms with Gasteiger partial charge in [-0.05, 0) is 48.6 Å². The molecule has 1 aromatic heterocycles. The van der Waals surface area contributed by atoms with E-state index in [9.17, 15) is 0 Å². The van der Waals surface area contributed by atoms with E-state index in [2.05, 4.69) is 34.7 Å². The number of aliphatic imine (C=N–C) groups is 1. The van der Waals surface area contributed by atoms with Crippen molar-refractivity contribution in [1.82, 2.24) is 10.6 Å². The van der Waals surface area contributed by atoms with Crippen LogP contribution >= 0.6 is 0 Å². The second-order valence-corrected chi connectivity index (χ2v) is 6.37. The van der Waals surface area contributed by atoms with Gasteiger partial charge in [0.25, 0.3) is 0 Å². The van der Waals surface area contributed by atoms with Crippen molar-refractivity contribution in [3.63, 3.8) is 0 Å². The summed E-state index contributed by atoms with van der Waals surface area (Å²) in [6.07, 6.45) is 3.59. The number of hydrogen-bond acceptors (Lipinski definition) is 4. The van der Waals surface area contributed by atoms with Crippen LogP contribution in [0.1, 0.15) is 37.0 Å². The summed E-state index contributed by atoms with van der Waals surface area (Å²) in [4.78, 5) is 4.26. The Morgan fingerprint density at radius 2 is 1.93 bits per heavy atom. The molecule has 1 unspecified atom stereocenters. The number of hydrogen-bond donors (Lipinski definition) is 2. The predicted molar refractivity (Wildman–Crippen MR) is 108 cm³/mol. The van der Waals surface area contributed by atoms with E-state index >= 15 is 0 Å². The topological polar surface area (TPSA) is 68.0 Å². The van der Waals surface area contributed by atoms with Gasteiger partial charge in [-0.15, -0.1) is 0 Å². The first-order chi connectivity index (χ1) is 13.2. The summed E-state index contributed by atoms with van der Waals surface area (Å²) >= 11 is 0. The van der Waals surface area contributed by atoms with E-state index in [0.29, 0.717) is 19.1 Å². The summed E-state index contributed by atoms with van der Waals surface area (Å²) in [5.41, 5.74) is 1.31. The Labute approximate surface area is 162 Å². The molecule has 1 aromatic carbocycles. The third kappa shape index (κ3) is 7.74. The maximum absolute atomic E-state index is 5.57. The molecule has 0 aliphatic carbocycles. The molecule has 0 saturated heterocycles. The SMILES string of the molecule is CN=C(NCCCOCc1ccco1)NCCC(C)c1ccc(OC)cc1. The molecule has 0 fully saturated rings. The Balaban J connectivity index is 1.56. The Morgan fingerprint density at radius 1 is 1.15 bits per heavy atom. The van der Waals surface area contributed by atoms with Crippen LogP contribution in [-0.2, 0) is 11.3 Å². The summed E-state index contributed by atoms with van der Waals surface area (Å²) in [6.45, 7) is 5.10. The second-order valence-electron chi connectivity index (χ2n) is 6.37. The fourth-order valence-electron chi connectivity index (χ4n) is 2.68. The molecular weight excluding hydrogens is 342 g/mol. The number of methoxy groups -OCH3 is 1. The Morgan fingerprint density at radius 3 is 2.59 bits per heavy atom. The maximum Gasteiger partial charge on any atom is 0.190 e. The van der Waals surface area contributed by atoms with Crippen LogP contribution in [0.3, 0.4) is 0 Å². The fourth-order valence-corrected chi connectivity index (χ4v) is 2.68. The average Bonchev–Trinajstić information content (AvgIpc) is 3.22. The van der Waals surface area contributed by atoms with E-state index in [4.69, 9.17) is 13.9 Å². The van der Waals surface area contributed by atoms with Crippen LogP contribution in [0.25, 0.3) is 0 Å². The van der Waals surface area contributed by atoms with Gasteiger partial charge in [0.05, 0.1) is 13.4 Å². The zero-order valence-corrected chi connectivity index (χ0v) is 16.5. The van der Waals surface area contributed by atoms with E-state index in [1.807, 2.05) is 24.3 Å². The lowest BCUT2D eigenvalue weighted by Crippen LogP contribution is -2.38. The first kappa shape index (κ1) is 20.8. The minimum Gasteiger partial charge on any atom is -0.497 e. The Bertz CT molecular complexity index is 654. The minimum atomic E-state index is 0.469. The monoisotopic (exact) mass is 373 g/mol. The highest BCUT2D eigenvalue weighted by Crippen LogP contribution is 2.21. The van der Waals surface area contributed by atoms with Crippen molar-refractivity contribution in [1.29, 1.82) is 0 Å². The summed E-state index contributed by atoms with van der Waals surface area (Å²) in [5.74, 6) is 3.03. The molecule has 6 nitrogen and oxygen atoms in total. The van der Waals surface area contributed by atoms with E-state index in [0.717, 1.165) is 43.4 Å². The lowest BCUT2D eigenvalue weighted by atomic mass is 9.98. The van der Waals surface area contributed by atoms with Crippen molar-refractivity contribution < 1.29 is 13.9 Å².